The standard InChI is InChI=1S/C15H19N3O2/c1-18(9-11(16)10-20-2)15(19)13-7-8-17-14-6-4-3-5-12(13)14/h3-8,11H,9-10,16H2,1-2H3. The van der Waals surface area contributed by atoms with E-state index in [1.807, 2.05) is 24.3 Å². The molecule has 0 spiro atoms. The van der Waals surface area contributed by atoms with Gasteiger partial charge >= 0.3 is 0 Å². The normalized spacial score (nSPS) is 12.3. The molecule has 0 fully saturated rings. The van der Waals surface area contributed by atoms with Crippen molar-refractivity contribution in [3.8, 4) is 0 Å². The zero-order chi connectivity index (χ0) is 14.5. The summed E-state index contributed by atoms with van der Waals surface area (Å²) in [6.45, 7) is 0.873. The minimum absolute atomic E-state index is 0.0600. The fourth-order valence-corrected chi connectivity index (χ4v) is 2.19. The smallest absolute Gasteiger partial charge is 0.254 e. The first-order chi connectivity index (χ1) is 9.63. The molecule has 1 aromatic carbocycles. The zero-order valence-electron chi connectivity index (χ0n) is 11.7. The highest BCUT2D eigenvalue weighted by Gasteiger charge is 2.17. The molecule has 0 saturated heterocycles. The summed E-state index contributed by atoms with van der Waals surface area (Å²) < 4.78 is 4.99. The molecule has 1 amide bonds. The molecule has 5 nitrogen and oxygen atoms in total. The van der Waals surface area contributed by atoms with Crippen LogP contribution in [0.1, 0.15) is 10.4 Å². The van der Waals surface area contributed by atoms with Crippen LogP contribution in [0.2, 0.25) is 0 Å². The summed E-state index contributed by atoms with van der Waals surface area (Å²) >= 11 is 0. The molecule has 20 heavy (non-hydrogen) atoms. The number of amides is 1. The van der Waals surface area contributed by atoms with E-state index in [0.29, 0.717) is 18.7 Å². The third kappa shape index (κ3) is 3.12. The predicted octanol–water partition coefficient (Wildman–Crippen LogP) is 1.28. The van der Waals surface area contributed by atoms with E-state index < -0.39 is 0 Å². The fraction of sp³-hybridized carbons (Fsp3) is 0.333. The second-order valence-electron chi connectivity index (χ2n) is 4.78. The van der Waals surface area contributed by atoms with E-state index in [2.05, 4.69) is 4.98 Å². The number of carbonyl (C=O) groups excluding carboxylic acids is 1. The SMILES string of the molecule is COCC(N)CN(C)C(=O)c1ccnc2ccccc12. The lowest BCUT2D eigenvalue weighted by atomic mass is 10.1. The quantitative estimate of drug-likeness (QED) is 0.891. The first-order valence-electron chi connectivity index (χ1n) is 6.47. The van der Waals surface area contributed by atoms with Crippen molar-refractivity contribution in [1.82, 2.24) is 9.88 Å². The van der Waals surface area contributed by atoms with Crippen LogP contribution in [0.5, 0.6) is 0 Å². The van der Waals surface area contributed by atoms with E-state index in [9.17, 15) is 4.79 Å². The molecule has 1 aromatic heterocycles. The van der Waals surface area contributed by atoms with Gasteiger partial charge in [-0.25, -0.2) is 0 Å². The van der Waals surface area contributed by atoms with Crippen molar-refractivity contribution in [1.29, 1.82) is 0 Å². The van der Waals surface area contributed by atoms with Crippen LogP contribution in [0.15, 0.2) is 36.5 Å². The number of hydrogen-bond acceptors (Lipinski definition) is 4. The Kier molecular flexibility index (Phi) is 4.65. The molecule has 0 aliphatic heterocycles. The zero-order valence-corrected chi connectivity index (χ0v) is 11.7. The number of methoxy groups -OCH3 is 1. The lowest BCUT2D eigenvalue weighted by Gasteiger charge is -2.21. The van der Waals surface area contributed by atoms with Crippen LogP contribution < -0.4 is 5.73 Å². The highest BCUT2D eigenvalue weighted by molar-refractivity contribution is 6.05. The molecule has 2 aromatic rings. The van der Waals surface area contributed by atoms with Crippen LogP contribution in [-0.2, 0) is 4.74 Å². The Morgan fingerprint density at radius 2 is 2.15 bits per heavy atom. The summed E-state index contributed by atoms with van der Waals surface area (Å²) in [6.07, 6.45) is 1.65. The highest BCUT2D eigenvalue weighted by atomic mass is 16.5. The van der Waals surface area contributed by atoms with Gasteiger partial charge in [-0.1, -0.05) is 18.2 Å². The van der Waals surface area contributed by atoms with Crippen molar-refractivity contribution in [2.24, 2.45) is 5.73 Å². The number of carbonyl (C=O) groups is 1. The second kappa shape index (κ2) is 6.45. The molecule has 1 unspecified atom stereocenters. The van der Waals surface area contributed by atoms with Crippen LogP contribution >= 0.6 is 0 Å². The molecule has 2 N–H and O–H groups in total. The Morgan fingerprint density at radius 1 is 1.40 bits per heavy atom. The van der Waals surface area contributed by atoms with Crippen LogP contribution in [0.3, 0.4) is 0 Å². The van der Waals surface area contributed by atoms with Crippen molar-refractivity contribution in [2.75, 3.05) is 27.3 Å². The number of para-hydroxylation sites is 1. The molecule has 1 atom stereocenters. The van der Waals surface area contributed by atoms with E-state index in [1.54, 1.807) is 31.3 Å². The Hall–Kier alpha value is -1.98. The Balaban J connectivity index is 2.23. The Morgan fingerprint density at radius 3 is 2.90 bits per heavy atom. The number of nitrogens with two attached hydrogens (primary N) is 1. The number of pyridine rings is 1. The molecule has 0 saturated carbocycles. The molecule has 0 aliphatic rings. The van der Waals surface area contributed by atoms with E-state index in [0.717, 1.165) is 10.9 Å². The lowest BCUT2D eigenvalue weighted by Crippen LogP contribution is -2.41. The maximum atomic E-state index is 12.5. The number of nitrogens with zero attached hydrogens (tertiary/aromatic N) is 2. The van der Waals surface area contributed by atoms with Crippen molar-refractivity contribution in [3.63, 3.8) is 0 Å². The van der Waals surface area contributed by atoms with Gasteiger partial charge in [-0.2, -0.15) is 0 Å². The first kappa shape index (κ1) is 14.4. The maximum absolute atomic E-state index is 12.5. The fourth-order valence-electron chi connectivity index (χ4n) is 2.19. The average molecular weight is 273 g/mol. The van der Waals surface area contributed by atoms with Crippen molar-refractivity contribution in [2.45, 2.75) is 6.04 Å². The maximum Gasteiger partial charge on any atom is 0.254 e. The summed E-state index contributed by atoms with van der Waals surface area (Å²) in [5.74, 6) is -0.0600. The van der Waals surface area contributed by atoms with Crippen molar-refractivity contribution < 1.29 is 9.53 Å². The largest absolute Gasteiger partial charge is 0.383 e. The molecule has 0 bridgehead atoms. The lowest BCUT2D eigenvalue weighted by molar-refractivity contribution is 0.0766. The number of rotatable bonds is 5. The Labute approximate surface area is 118 Å². The van der Waals surface area contributed by atoms with E-state index >= 15 is 0 Å². The van der Waals surface area contributed by atoms with E-state index in [4.69, 9.17) is 10.5 Å². The number of benzene rings is 1. The summed E-state index contributed by atoms with van der Waals surface area (Å²) in [4.78, 5) is 18.4. The molecular weight excluding hydrogens is 254 g/mol. The first-order valence-corrected chi connectivity index (χ1v) is 6.47. The molecule has 0 radical (unpaired) electrons. The summed E-state index contributed by atoms with van der Waals surface area (Å²) in [6, 6.07) is 9.14. The molecule has 5 heteroatoms. The minimum atomic E-state index is -0.193. The van der Waals surface area contributed by atoms with Gasteiger partial charge in [-0.3, -0.25) is 9.78 Å². The van der Waals surface area contributed by atoms with Gasteiger partial charge in [0.1, 0.15) is 0 Å². The predicted molar refractivity (Wildman–Crippen MR) is 78.6 cm³/mol. The van der Waals surface area contributed by atoms with Gasteiger partial charge in [0.15, 0.2) is 0 Å². The topological polar surface area (TPSA) is 68.5 Å². The number of ether oxygens (including phenoxy) is 1. The monoisotopic (exact) mass is 273 g/mol. The third-order valence-electron chi connectivity index (χ3n) is 3.12. The average Bonchev–Trinajstić information content (AvgIpc) is 2.46. The summed E-state index contributed by atoms with van der Waals surface area (Å²) in [7, 11) is 3.34. The van der Waals surface area contributed by atoms with Gasteiger partial charge in [-0.15, -0.1) is 0 Å². The van der Waals surface area contributed by atoms with Crippen LogP contribution in [0, 0.1) is 0 Å². The second-order valence-corrected chi connectivity index (χ2v) is 4.78. The van der Waals surface area contributed by atoms with Gasteiger partial charge in [0.2, 0.25) is 0 Å². The van der Waals surface area contributed by atoms with Gasteiger partial charge in [0, 0.05) is 38.3 Å². The number of aromatic nitrogens is 1. The molecule has 0 aliphatic carbocycles. The van der Waals surface area contributed by atoms with Crippen LogP contribution in [0.25, 0.3) is 10.9 Å². The number of likely N-dealkylation sites (N-methyl/N-ethyl adjacent to an activating group) is 1. The van der Waals surface area contributed by atoms with Gasteiger partial charge in [0.25, 0.3) is 5.91 Å². The Bertz CT molecular complexity index is 595. The van der Waals surface area contributed by atoms with E-state index in [-0.39, 0.29) is 11.9 Å². The van der Waals surface area contributed by atoms with Crippen molar-refractivity contribution in [3.05, 3.63) is 42.1 Å². The molecule has 1 heterocycles. The number of fused-ring (bicyclic) bond motifs is 1. The molecule has 106 valence electrons. The number of hydrogen-bond donors (Lipinski definition) is 1. The third-order valence-corrected chi connectivity index (χ3v) is 3.12. The minimum Gasteiger partial charge on any atom is -0.383 e. The van der Waals surface area contributed by atoms with Gasteiger partial charge in [0.05, 0.1) is 17.7 Å². The highest BCUT2D eigenvalue weighted by Crippen LogP contribution is 2.17. The summed E-state index contributed by atoms with van der Waals surface area (Å²) in [5, 5.41) is 0.854. The van der Waals surface area contributed by atoms with Gasteiger partial charge < -0.3 is 15.4 Å². The molecule has 2 rings (SSSR count). The van der Waals surface area contributed by atoms with E-state index in [1.165, 1.54) is 0 Å². The summed E-state index contributed by atoms with van der Waals surface area (Å²) in [5.41, 5.74) is 7.34. The van der Waals surface area contributed by atoms with Gasteiger partial charge in [-0.05, 0) is 12.1 Å². The van der Waals surface area contributed by atoms with Crippen LogP contribution in [0.4, 0.5) is 0 Å². The molecular formula is C15H19N3O2. The van der Waals surface area contributed by atoms with Crippen LogP contribution in [-0.4, -0.2) is 49.1 Å². The van der Waals surface area contributed by atoms with Crippen molar-refractivity contribution >= 4 is 16.8 Å².